The lowest BCUT2D eigenvalue weighted by atomic mass is 10.1. The van der Waals surface area contributed by atoms with Crippen molar-refractivity contribution in [1.29, 1.82) is 0 Å². The summed E-state index contributed by atoms with van der Waals surface area (Å²) in [7, 11) is -3.61. The smallest absolute Gasteiger partial charge is 0.264 e. The molecule has 0 aliphatic rings. The summed E-state index contributed by atoms with van der Waals surface area (Å²) in [5.41, 5.74) is 2.77. The van der Waals surface area contributed by atoms with E-state index in [9.17, 15) is 13.2 Å². The zero-order valence-electron chi connectivity index (χ0n) is 13.2. The Kier molecular flexibility index (Phi) is 4.11. The van der Waals surface area contributed by atoms with Crippen molar-refractivity contribution >= 4 is 9.84 Å². The molecule has 6 nitrogen and oxygen atoms in total. The van der Waals surface area contributed by atoms with Crippen molar-refractivity contribution in [2.75, 3.05) is 0 Å². The number of aryl methyl sites for hydroxylation is 2. The molecule has 0 fully saturated rings. The van der Waals surface area contributed by atoms with Gasteiger partial charge in [-0.1, -0.05) is 23.8 Å². The van der Waals surface area contributed by atoms with Gasteiger partial charge in [-0.2, -0.15) is 5.10 Å². The first-order valence-electron chi connectivity index (χ1n) is 7.30. The first-order valence-corrected chi connectivity index (χ1v) is 8.95. The van der Waals surface area contributed by atoms with E-state index < -0.39 is 9.84 Å². The molecular formula is C17H16N2O4S. The normalized spacial score (nSPS) is 11.6. The number of furan rings is 1. The van der Waals surface area contributed by atoms with Crippen molar-refractivity contribution in [2.24, 2.45) is 0 Å². The molecule has 2 aromatic heterocycles. The third kappa shape index (κ3) is 3.30. The Morgan fingerprint density at radius 2 is 1.88 bits per heavy atom. The molecule has 0 unspecified atom stereocenters. The molecule has 3 aromatic rings. The molecule has 0 radical (unpaired) electrons. The van der Waals surface area contributed by atoms with Gasteiger partial charge >= 0.3 is 0 Å². The fourth-order valence-electron chi connectivity index (χ4n) is 2.39. The zero-order chi connectivity index (χ0) is 17.3. The lowest BCUT2D eigenvalue weighted by molar-refractivity contribution is 0.459. The Labute approximate surface area is 139 Å². The minimum Gasteiger partial charge on any atom is -0.443 e. The van der Waals surface area contributed by atoms with Crippen LogP contribution in [0, 0.1) is 13.8 Å². The van der Waals surface area contributed by atoms with Crippen LogP contribution in [-0.2, 0) is 15.6 Å². The summed E-state index contributed by atoms with van der Waals surface area (Å²) in [5, 5.41) is 5.99. The maximum atomic E-state index is 12.6. The third-order valence-electron chi connectivity index (χ3n) is 3.66. The van der Waals surface area contributed by atoms with Crippen LogP contribution in [0.1, 0.15) is 16.7 Å². The Morgan fingerprint density at radius 3 is 2.54 bits per heavy atom. The van der Waals surface area contributed by atoms with Crippen molar-refractivity contribution < 1.29 is 12.8 Å². The van der Waals surface area contributed by atoms with Crippen LogP contribution in [0.3, 0.4) is 0 Å². The molecule has 0 spiro atoms. The number of hydrogen-bond acceptors (Lipinski definition) is 5. The monoisotopic (exact) mass is 344 g/mol. The SMILES string of the molecule is Cc1ccc(CS(=O)(=O)c2ccc(-c3ccc(=O)[nH]n3)o2)c(C)c1. The molecule has 124 valence electrons. The highest BCUT2D eigenvalue weighted by atomic mass is 32.2. The van der Waals surface area contributed by atoms with Gasteiger partial charge in [-0.25, -0.2) is 13.5 Å². The number of H-pyrrole nitrogens is 1. The maximum Gasteiger partial charge on any atom is 0.264 e. The highest BCUT2D eigenvalue weighted by Crippen LogP contribution is 2.25. The first kappa shape index (κ1) is 16.2. The predicted molar refractivity (Wildman–Crippen MR) is 89.4 cm³/mol. The lowest BCUT2D eigenvalue weighted by Crippen LogP contribution is -2.06. The van der Waals surface area contributed by atoms with Crippen molar-refractivity contribution in [2.45, 2.75) is 24.7 Å². The minimum atomic E-state index is -3.61. The second kappa shape index (κ2) is 6.09. The van der Waals surface area contributed by atoms with Crippen LogP contribution in [0.5, 0.6) is 0 Å². The van der Waals surface area contributed by atoms with Crippen LogP contribution >= 0.6 is 0 Å². The van der Waals surface area contributed by atoms with Crippen LogP contribution in [0.2, 0.25) is 0 Å². The standard InChI is InChI=1S/C17H16N2O4S/c1-11-3-4-13(12(2)9-11)10-24(21,22)17-8-6-15(23-17)14-5-7-16(20)19-18-14/h3-9H,10H2,1-2H3,(H,19,20). The molecule has 0 saturated heterocycles. The van der Waals surface area contributed by atoms with E-state index >= 15 is 0 Å². The van der Waals surface area contributed by atoms with Crippen molar-refractivity contribution in [3.05, 3.63) is 69.5 Å². The Hall–Kier alpha value is -2.67. The number of aromatic amines is 1. The summed E-state index contributed by atoms with van der Waals surface area (Å²) in [6, 6.07) is 11.3. The fraction of sp³-hybridized carbons (Fsp3) is 0.176. The largest absolute Gasteiger partial charge is 0.443 e. The quantitative estimate of drug-likeness (QED) is 0.785. The molecule has 7 heteroatoms. The zero-order valence-corrected chi connectivity index (χ0v) is 14.1. The van der Waals surface area contributed by atoms with E-state index in [1.165, 1.54) is 24.3 Å². The fourth-order valence-corrected chi connectivity index (χ4v) is 3.76. The number of aromatic nitrogens is 2. The van der Waals surface area contributed by atoms with Gasteiger partial charge in [0, 0.05) is 6.07 Å². The van der Waals surface area contributed by atoms with Gasteiger partial charge in [-0.3, -0.25) is 4.79 Å². The molecule has 0 atom stereocenters. The molecule has 3 rings (SSSR count). The van der Waals surface area contributed by atoms with E-state index in [0.29, 0.717) is 5.69 Å². The van der Waals surface area contributed by atoms with E-state index in [2.05, 4.69) is 10.2 Å². The molecule has 2 heterocycles. The van der Waals surface area contributed by atoms with E-state index in [1.54, 1.807) is 0 Å². The number of nitrogens with zero attached hydrogens (tertiary/aromatic N) is 1. The van der Waals surface area contributed by atoms with Crippen molar-refractivity contribution in [3.63, 3.8) is 0 Å². The number of sulfone groups is 1. The van der Waals surface area contributed by atoms with Crippen LogP contribution < -0.4 is 5.56 Å². The Morgan fingerprint density at radius 1 is 1.08 bits per heavy atom. The molecule has 1 N–H and O–H groups in total. The van der Waals surface area contributed by atoms with Crippen molar-refractivity contribution in [1.82, 2.24) is 10.2 Å². The Bertz CT molecular complexity index is 1030. The molecule has 0 aliphatic heterocycles. The second-order valence-corrected chi connectivity index (χ2v) is 7.53. The predicted octanol–water partition coefficient (Wildman–Crippen LogP) is 2.62. The van der Waals surface area contributed by atoms with Gasteiger partial charge in [0.25, 0.3) is 5.56 Å². The molecule has 0 saturated carbocycles. The van der Waals surface area contributed by atoms with Crippen LogP contribution in [0.15, 0.2) is 56.8 Å². The molecule has 0 aliphatic carbocycles. The van der Waals surface area contributed by atoms with Gasteiger partial charge in [-0.05, 0) is 43.2 Å². The number of benzene rings is 1. The van der Waals surface area contributed by atoms with Gasteiger partial charge in [-0.15, -0.1) is 0 Å². The topological polar surface area (TPSA) is 93.0 Å². The van der Waals surface area contributed by atoms with Gasteiger partial charge in [0.1, 0.15) is 5.69 Å². The molecule has 24 heavy (non-hydrogen) atoms. The summed E-state index contributed by atoms with van der Waals surface area (Å²) in [4.78, 5) is 11.0. The average Bonchev–Trinajstić information content (AvgIpc) is 3.02. The van der Waals surface area contributed by atoms with Gasteiger partial charge < -0.3 is 4.42 Å². The minimum absolute atomic E-state index is 0.120. The maximum absolute atomic E-state index is 12.6. The molecule has 1 aromatic carbocycles. The van der Waals surface area contributed by atoms with Gasteiger partial charge in [0.15, 0.2) is 5.76 Å². The van der Waals surface area contributed by atoms with Crippen LogP contribution in [-0.4, -0.2) is 18.6 Å². The van der Waals surface area contributed by atoms with Gasteiger partial charge in [0.05, 0.1) is 5.75 Å². The van der Waals surface area contributed by atoms with Crippen molar-refractivity contribution in [3.8, 4) is 11.5 Å². The number of hydrogen-bond donors (Lipinski definition) is 1. The van der Waals surface area contributed by atoms with Crippen LogP contribution in [0.4, 0.5) is 0 Å². The number of nitrogens with one attached hydrogen (secondary N) is 1. The first-order chi connectivity index (χ1) is 11.3. The Balaban J connectivity index is 1.90. The average molecular weight is 344 g/mol. The van der Waals surface area contributed by atoms with E-state index in [-0.39, 0.29) is 22.2 Å². The van der Waals surface area contributed by atoms with E-state index in [0.717, 1.165) is 16.7 Å². The summed E-state index contributed by atoms with van der Waals surface area (Å²) in [6.45, 7) is 3.84. The lowest BCUT2D eigenvalue weighted by Gasteiger charge is -2.06. The molecule has 0 bridgehead atoms. The molecular weight excluding hydrogens is 328 g/mol. The highest BCUT2D eigenvalue weighted by Gasteiger charge is 2.21. The van der Waals surface area contributed by atoms with Crippen LogP contribution in [0.25, 0.3) is 11.5 Å². The van der Waals surface area contributed by atoms with Gasteiger partial charge in [0.2, 0.25) is 14.9 Å². The summed E-state index contributed by atoms with van der Waals surface area (Å²) in [6.07, 6.45) is 0. The third-order valence-corrected chi connectivity index (χ3v) is 5.19. The summed E-state index contributed by atoms with van der Waals surface area (Å²) >= 11 is 0. The van der Waals surface area contributed by atoms with E-state index in [1.807, 2.05) is 32.0 Å². The second-order valence-electron chi connectivity index (χ2n) is 5.61. The van der Waals surface area contributed by atoms with E-state index in [4.69, 9.17) is 4.42 Å². The molecule has 0 amide bonds. The summed E-state index contributed by atoms with van der Waals surface area (Å²) in [5.74, 6) is 0.149. The number of rotatable bonds is 4. The highest BCUT2D eigenvalue weighted by molar-refractivity contribution is 7.90. The summed E-state index contributed by atoms with van der Waals surface area (Å²) < 4.78 is 30.6.